The summed E-state index contributed by atoms with van der Waals surface area (Å²) in [6, 6.07) is 36.0. The molecule has 3 fully saturated rings. The van der Waals surface area contributed by atoms with Gasteiger partial charge in [-0.3, -0.25) is 19.7 Å². The predicted molar refractivity (Wildman–Crippen MR) is 202 cm³/mol. The number of nitrogens with zero attached hydrogens (tertiary/aromatic N) is 4. The molecule has 272 valence electrons. The normalized spacial score (nSPS) is 21.0. The zero-order valence-corrected chi connectivity index (χ0v) is 29.5. The molecule has 11 heteroatoms. The maximum absolute atomic E-state index is 14.5. The van der Waals surface area contributed by atoms with E-state index < -0.39 is 18.4 Å². The van der Waals surface area contributed by atoms with E-state index in [1.54, 1.807) is 29.2 Å². The molecule has 0 spiro atoms. The molecule has 2 N–H and O–H groups in total. The number of halogens is 1. The number of hydrazine groups is 1. The van der Waals surface area contributed by atoms with Crippen molar-refractivity contribution in [1.82, 2.24) is 25.1 Å². The van der Waals surface area contributed by atoms with Gasteiger partial charge in [0.05, 0.1) is 19.6 Å². The molecule has 0 bridgehead atoms. The van der Waals surface area contributed by atoms with E-state index in [4.69, 9.17) is 11.2 Å². The molecule has 0 aromatic heterocycles. The number of hydrogen-bond acceptors (Lipinski definition) is 7. The summed E-state index contributed by atoms with van der Waals surface area (Å²) in [5, 5.41) is 12.3. The number of fused-ring (bicyclic) bond motifs is 2. The van der Waals surface area contributed by atoms with E-state index in [9.17, 15) is 18.8 Å². The number of ether oxygens (including phenoxy) is 1. The molecule has 0 radical (unpaired) electrons. The zero-order valence-electron chi connectivity index (χ0n) is 29.5. The lowest BCUT2D eigenvalue weighted by Crippen LogP contribution is -2.65. The number of rotatable bonds is 12. The van der Waals surface area contributed by atoms with Crippen LogP contribution in [0.4, 0.5) is 10.1 Å². The average Bonchev–Trinajstić information content (AvgIpc) is 3.90. The highest BCUT2D eigenvalue weighted by atomic mass is 19.1. The van der Waals surface area contributed by atoms with E-state index in [1.807, 2.05) is 81.6 Å². The first kappa shape index (κ1) is 35.1. The predicted octanol–water partition coefficient (Wildman–Crippen LogP) is 4.98. The van der Waals surface area contributed by atoms with Crippen LogP contribution in [-0.4, -0.2) is 81.8 Å². The summed E-state index contributed by atoms with van der Waals surface area (Å²) in [6.07, 6.45) is 4.88. The van der Waals surface area contributed by atoms with Crippen LogP contribution in [0.1, 0.15) is 27.0 Å². The molecule has 2 unspecified atom stereocenters. The van der Waals surface area contributed by atoms with Gasteiger partial charge in [-0.2, -0.15) is 5.01 Å². The van der Waals surface area contributed by atoms with Crippen molar-refractivity contribution in [2.75, 3.05) is 25.0 Å². The van der Waals surface area contributed by atoms with Gasteiger partial charge in [-0.1, -0.05) is 90.8 Å². The van der Waals surface area contributed by atoms with Crippen LogP contribution in [0, 0.1) is 18.2 Å². The number of carbonyl (C=O) groups is 3. The molecule has 0 aliphatic carbocycles. The summed E-state index contributed by atoms with van der Waals surface area (Å²) in [6.45, 7) is 1.33. The lowest BCUT2D eigenvalue weighted by molar-refractivity contribution is -0.161. The van der Waals surface area contributed by atoms with Crippen molar-refractivity contribution in [2.45, 2.75) is 44.2 Å². The Morgan fingerprint density at radius 2 is 1.61 bits per heavy atom. The monoisotopic (exact) mass is 722 g/mol. The Hall–Kier alpha value is -5.90. The van der Waals surface area contributed by atoms with E-state index in [0.29, 0.717) is 24.3 Å². The van der Waals surface area contributed by atoms with Gasteiger partial charge < -0.3 is 19.9 Å². The van der Waals surface area contributed by atoms with Crippen LogP contribution in [0.3, 0.4) is 0 Å². The van der Waals surface area contributed by atoms with Crippen LogP contribution < -0.4 is 10.6 Å². The highest BCUT2D eigenvalue weighted by Crippen LogP contribution is 2.35. The smallest absolute Gasteiger partial charge is 0.255 e. The number of nitrogens with one attached hydrogen (secondary N) is 2. The number of carbonyl (C=O) groups excluding carboxylic acids is 3. The Morgan fingerprint density at radius 1 is 0.889 bits per heavy atom. The molecule has 54 heavy (non-hydrogen) atoms. The van der Waals surface area contributed by atoms with E-state index in [-0.39, 0.29) is 55.8 Å². The number of epoxide rings is 1. The van der Waals surface area contributed by atoms with Gasteiger partial charge in [0.2, 0.25) is 11.8 Å². The molecular weight excluding hydrogens is 684 g/mol. The fraction of sp³-hybridized carbons (Fsp3) is 0.233. The van der Waals surface area contributed by atoms with Crippen molar-refractivity contribution < 1.29 is 23.5 Å². The maximum Gasteiger partial charge on any atom is 0.255 e. The quantitative estimate of drug-likeness (QED) is 0.139. The van der Waals surface area contributed by atoms with Gasteiger partial charge in [0, 0.05) is 30.8 Å². The van der Waals surface area contributed by atoms with Gasteiger partial charge in [0.1, 0.15) is 18.0 Å². The minimum absolute atomic E-state index is 0.0350. The molecular formula is C43H39FN6O4. The number of terminal acetylenes is 1. The van der Waals surface area contributed by atoms with E-state index >= 15 is 0 Å². The average molecular weight is 723 g/mol. The van der Waals surface area contributed by atoms with Gasteiger partial charge in [-0.15, -0.1) is 6.42 Å². The molecule has 4 atom stereocenters. The van der Waals surface area contributed by atoms with Crippen LogP contribution in [-0.2, 0) is 33.8 Å². The van der Waals surface area contributed by atoms with Gasteiger partial charge >= 0.3 is 0 Å². The third-order valence-electron chi connectivity index (χ3n) is 10.3. The first-order chi connectivity index (χ1) is 26.4. The van der Waals surface area contributed by atoms with Crippen molar-refractivity contribution in [3.05, 3.63) is 149 Å². The largest absolute Gasteiger partial charge is 0.335 e. The summed E-state index contributed by atoms with van der Waals surface area (Å²) in [5.41, 5.74) is 3.94. The maximum atomic E-state index is 14.5. The first-order valence-electron chi connectivity index (χ1n) is 18.0. The van der Waals surface area contributed by atoms with Crippen LogP contribution in [0.15, 0.2) is 121 Å². The van der Waals surface area contributed by atoms with Crippen LogP contribution in [0.5, 0.6) is 0 Å². The van der Waals surface area contributed by atoms with Gasteiger partial charge in [0.15, 0.2) is 12.5 Å². The molecule has 3 aliphatic heterocycles. The number of piperazine rings is 1. The third-order valence-corrected chi connectivity index (χ3v) is 10.3. The zero-order chi connectivity index (χ0) is 37.2. The highest BCUT2D eigenvalue weighted by molar-refractivity contribution is 6.04. The lowest BCUT2D eigenvalue weighted by atomic mass is 9.98. The number of amides is 3. The molecule has 8 rings (SSSR count). The summed E-state index contributed by atoms with van der Waals surface area (Å²) >= 11 is 0. The summed E-state index contributed by atoms with van der Waals surface area (Å²) in [7, 11) is 0. The van der Waals surface area contributed by atoms with Crippen molar-refractivity contribution in [2.24, 2.45) is 0 Å². The lowest BCUT2D eigenvalue weighted by Gasteiger charge is -2.46. The Bertz CT molecular complexity index is 2200. The Kier molecular flexibility index (Phi) is 9.91. The number of anilines is 1. The molecule has 3 heterocycles. The second-order valence-electron chi connectivity index (χ2n) is 13.7. The van der Waals surface area contributed by atoms with Crippen LogP contribution >= 0.6 is 0 Å². The molecule has 5 aromatic carbocycles. The van der Waals surface area contributed by atoms with Crippen molar-refractivity contribution in [3.8, 4) is 12.3 Å². The van der Waals surface area contributed by atoms with Gasteiger partial charge in [0.25, 0.3) is 5.91 Å². The van der Waals surface area contributed by atoms with Crippen molar-refractivity contribution in [3.63, 3.8) is 0 Å². The molecule has 3 amide bonds. The Morgan fingerprint density at radius 3 is 2.39 bits per heavy atom. The van der Waals surface area contributed by atoms with Crippen molar-refractivity contribution in [1.29, 1.82) is 0 Å². The van der Waals surface area contributed by atoms with E-state index in [1.165, 1.54) is 12.1 Å². The SMILES string of the molecule is C#CCN(C1OC1NCc1ccc(F)cc1)N1CC(=O)N2[C@@H](Cc3ccc(NC(=O)c4ccccc4)cc3)C(=O)N(Cc3cccc4ccccc34)C[C@@H]21. The number of benzene rings is 5. The van der Waals surface area contributed by atoms with Crippen LogP contribution in [0.25, 0.3) is 10.8 Å². The minimum Gasteiger partial charge on any atom is -0.335 e. The third kappa shape index (κ3) is 7.33. The summed E-state index contributed by atoms with van der Waals surface area (Å²) < 4.78 is 19.5. The molecule has 5 aromatic rings. The topological polar surface area (TPSA) is 101 Å². The fourth-order valence-corrected chi connectivity index (χ4v) is 7.50. The molecule has 10 nitrogen and oxygen atoms in total. The second-order valence-corrected chi connectivity index (χ2v) is 13.7. The molecule has 3 saturated heterocycles. The summed E-state index contributed by atoms with van der Waals surface area (Å²) in [5.74, 6) is 1.90. The molecule has 3 aliphatic rings. The van der Waals surface area contributed by atoms with Gasteiger partial charge in [-0.25, -0.2) is 9.40 Å². The molecule has 0 saturated carbocycles. The minimum atomic E-state index is -0.777. The fourth-order valence-electron chi connectivity index (χ4n) is 7.50. The Labute approximate surface area is 313 Å². The second kappa shape index (κ2) is 15.2. The number of hydrogen-bond donors (Lipinski definition) is 2. The van der Waals surface area contributed by atoms with Crippen molar-refractivity contribution >= 4 is 34.2 Å². The first-order valence-corrected chi connectivity index (χ1v) is 18.0. The van der Waals surface area contributed by atoms with E-state index in [2.05, 4.69) is 34.8 Å². The highest BCUT2D eigenvalue weighted by Gasteiger charge is 2.55. The van der Waals surface area contributed by atoms with Gasteiger partial charge in [-0.05, 0) is 63.9 Å². The van der Waals surface area contributed by atoms with Crippen LogP contribution in [0.2, 0.25) is 0 Å². The van der Waals surface area contributed by atoms with E-state index in [0.717, 1.165) is 27.5 Å². The Balaban J connectivity index is 1.05. The summed E-state index contributed by atoms with van der Waals surface area (Å²) in [4.78, 5) is 44.8. The standard InChI is InChI=1S/C43H39FN6O4/c1-2-23-48(43-41(54-43)45-25-30-15-19-34(44)20-16-30)49-28-39(51)50-37(24-29-17-21-35(22-18-29)46-40(52)32-10-4-3-5-11-32)42(53)47(27-38(49)50)26-33-13-8-12-31-9-6-7-14-36(31)33/h1,3-22,37-38,41,43,45H,23-28H2,(H,46,52)/t37-,38+,41?,43?/m0/s1.